The highest BCUT2D eigenvalue weighted by Gasteiger charge is 2.08. The Morgan fingerprint density at radius 2 is 2.29 bits per heavy atom. The average molecular weight is 194 g/mol. The van der Waals surface area contributed by atoms with Gasteiger partial charge in [0.1, 0.15) is 5.75 Å². The number of benzene rings is 1. The summed E-state index contributed by atoms with van der Waals surface area (Å²) in [4.78, 5) is 0. The fraction of sp³-hybridized carbons (Fsp3) is 0.300. The first kappa shape index (κ1) is 10.5. The zero-order valence-corrected chi connectivity index (χ0v) is 8.08. The zero-order valence-electron chi connectivity index (χ0n) is 8.08. The number of rotatable bonds is 4. The van der Waals surface area contributed by atoms with E-state index in [4.69, 9.17) is 15.9 Å². The fourth-order valence-electron chi connectivity index (χ4n) is 1.31. The molecule has 0 aliphatic heterocycles. The summed E-state index contributed by atoms with van der Waals surface area (Å²) in [5.74, 6) is 0.193. The molecule has 0 amide bonds. The second kappa shape index (κ2) is 4.62. The molecule has 14 heavy (non-hydrogen) atoms. The molecule has 0 aliphatic carbocycles. The van der Waals surface area contributed by atoms with Crippen LogP contribution in [-0.2, 0) is 17.8 Å². The van der Waals surface area contributed by atoms with Crippen molar-refractivity contribution in [3.8, 4) is 5.75 Å². The van der Waals surface area contributed by atoms with E-state index in [0.717, 1.165) is 5.56 Å². The van der Waals surface area contributed by atoms with Gasteiger partial charge in [-0.05, 0) is 11.6 Å². The SMILES string of the molecule is COCc1cccc(O)c1CC(=N)N. The lowest BCUT2D eigenvalue weighted by atomic mass is 10.0. The number of hydrogen-bond donors (Lipinski definition) is 3. The highest BCUT2D eigenvalue weighted by molar-refractivity contribution is 5.80. The molecule has 0 bridgehead atoms. The Hall–Kier alpha value is -1.55. The number of phenols is 1. The maximum atomic E-state index is 9.56. The molecule has 0 atom stereocenters. The maximum Gasteiger partial charge on any atom is 0.119 e. The fourth-order valence-corrected chi connectivity index (χ4v) is 1.31. The van der Waals surface area contributed by atoms with E-state index in [1.54, 1.807) is 19.2 Å². The van der Waals surface area contributed by atoms with Crippen LogP contribution in [-0.4, -0.2) is 18.1 Å². The van der Waals surface area contributed by atoms with Gasteiger partial charge in [0.2, 0.25) is 0 Å². The summed E-state index contributed by atoms with van der Waals surface area (Å²) in [6.45, 7) is 0.414. The lowest BCUT2D eigenvalue weighted by Crippen LogP contribution is -2.14. The van der Waals surface area contributed by atoms with Gasteiger partial charge in [-0.1, -0.05) is 12.1 Å². The van der Waals surface area contributed by atoms with Gasteiger partial charge in [0.05, 0.1) is 12.4 Å². The third kappa shape index (κ3) is 2.47. The largest absolute Gasteiger partial charge is 0.508 e. The number of hydrogen-bond acceptors (Lipinski definition) is 3. The van der Waals surface area contributed by atoms with Crippen LogP contribution in [0.2, 0.25) is 0 Å². The summed E-state index contributed by atoms with van der Waals surface area (Å²) < 4.78 is 4.98. The number of nitrogens with two attached hydrogens (primary N) is 1. The molecule has 1 aromatic carbocycles. The summed E-state index contributed by atoms with van der Waals surface area (Å²) in [5.41, 5.74) is 6.82. The van der Waals surface area contributed by atoms with Crippen LogP contribution in [0.4, 0.5) is 0 Å². The third-order valence-electron chi connectivity index (χ3n) is 1.92. The van der Waals surface area contributed by atoms with Gasteiger partial charge >= 0.3 is 0 Å². The van der Waals surface area contributed by atoms with Crippen molar-refractivity contribution in [2.75, 3.05) is 7.11 Å². The van der Waals surface area contributed by atoms with Crippen molar-refractivity contribution in [1.29, 1.82) is 5.41 Å². The van der Waals surface area contributed by atoms with E-state index in [2.05, 4.69) is 0 Å². The van der Waals surface area contributed by atoms with Gasteiger partial charge in [0.15, 0.2) is 0 Å². The van der Waals surface area contributed by atoms with Crippen molar-refractivity contribution < 1.29 is 9.84 Å². The molecule has 4 N–H and O–H groups in total. The Kier molecular flexibility index (Phi) is 3.48. The monoisotopic (exact) mass is 194 g/mol. The number of nitrogens with one attached hydrogen (secondary N) is 1. The Morgan fingerprint density at radius 3 is 2.86 bits per heavy atom. The van der Waals surface area contributed by atoms with Crippen LogP contribution in [0, 0.1) is 5.41 Å². The molecule has 4 nitrogen and oxygen atoms in total. The number of amidine groups is 1. The van der Waals surface area contributed by atoms with Gasteiger partial charge in [0, 0.05) is 19.1 Å². The van der Waals surface area contributed by atoms with E-state index >= 15 is 0 Å². The minimum Gasteiger partial charge on any atom is -0.508 e. The molecule has 0 saturated carbocycles. The van der Waals surface area contributed by atoms with Crippen molar-refractivity contribution in [2.45, 2.75) is 13.0 Å². The van der Waals surface area contributed by atoms with Crippen molar-refractivity contribution in [3.05, 3.63) is 29.3 Å². The predicted octanol–water partition coefficient (Wildman–Crippen LogP) is 1.02. The smallest absolute Gasteiger partial charge is 0.119 e. The van der Waals surface area contributed by atoms with Crippen molar-refractivity contribution in [2.24, 2.45) is 5.73 Å². The van der Waals surface area contributed by atoms with Crippen molar-refractivity contribution >= 4 is 5.84 Å². The molecular weight excluding hydrogens is 180 g/mol. The van der Waals surface area contributed by atoms with E-state index in [0.29, 0.717) is 12.2 Å². The molecule has 1 aromatic rings. The quantitative estimate of drug-likeness (QED) is 0.494. The van der Waals surface area contributed by atoms with Gasteiger partial charge < -0.3 is 15.6 Å². The minimum atomic E-state index is 0.0313. The molecule has 4 heteroatoms. The van der Waals surface area contributed by atoms with Gasteiger partial charge in [-0.2, -0.15) is 0 Å². The highest BCUT2D eigenvalue weighted by Crippen LogP contribution is 2.22. The lowest BCUT2D eigenvalue weighted by molar-refractivity contribution is 0.184. The summed E-state index contributed by atoms with van der Waals surface area (Å²) >= 11 is 0. The number of methoxy groups -OCH3 is 1. The summed E-state index contributed by atoms with van der Waals surface area (Å²) in [5, 5.41) is 16.7. The average Bonchev–Trinajstić information content (AvgIpc) is 2.11. The van der Waals surface area contributed by atoms with E-state index in [-0.39, 0.29) is 18.0 Å². The zero-order chi connectivity index (χ0) is 10.6. The molecule has 0 heterocycles. The maximum absolute atomic E-state index is 9.56. The molecule has 0 aliphatic rings. The van der Waals surface area contributed by atoms with Crippen LogP contribution < -0.4 is 5.73 Å². The first-order valence-corrected chi connectivity index (χ1v) is 4.26. The van der Waals surface area contributed by atoms with E-state index in [1.165, 1.54) is 0 Å². The van der Waals surface area contributed by atoms with Crippen LogP contribution in [0.25, 0.3) is 0 Å². The molecular formula is C10H14N2O2. The van der Waals surface area contributed by atoms with Crippen LogP contribution in [0.3, 0.4) is 0 Å². The highest BCUT2D eigenvalue weighted by atomic mass is 16.5. The molecule has 0 spiro atoms. The summed E-state index contributed by atoms with van der Waals surface area (Å²) in [6, 6.07) is 5.17. The molecule has 0 aromatic heterocycles. The normalized spacial score (nSPS) is 10.1. The van der Waals surface area contributed by atoms with E-state index in [1.807, 2.05) is 6.07 Å². The first-order valence-electron chi connectivity index (χ1n) is 4.26. The van der Waals surface area contributed by atoms with Gasteiger partial charge in [-0.15, -0.1) is 0 Å². The van der Waals surface area contributed by atoms with Crippen molar-refractivity contribution in [1.82, 2.24) is 0 Å². The third-order valence-corrected chi connectivity index (χ3v) is 1.92. The number of ether oxygens (including phenoxy) is 1. The lowest BCUT2D eigenvalue weighted by Gasteiger charge is -2.09. The van der Waals surface area contributed by atoms with Crippen molar-refractivity contribution in [3.63, 3.8) is 0 Å². The van der Waals surface area contributed by atoms with Crippen LogP contribution in [0.1, 0.15) is 11.1 Å². The summed E-state index contributed by atoms with van der Waals surface area (Å²) in [6.07, 6.45) is 0.255. The second-order valence-electron chi connectivity index (χ2n) is 3.05. The molecule has 1 rings (SSSR count). The van der Waals surface area contributed by atoms with Crippen LogP contribution in [0.5, 0.6) is 5.75 Å². The second-order valence-corrected chi connectivity index (χ2v) is 3.05. The number of phenolic OH excluding ortho intramolecular Hbond substituents is 1. The Balaban J connectivity index is 3.02. The molecule has 0 unspecified atom stereocenters. The van der Waals surface area contributed by atoms with Crippen LogP contribution in [0.15, 0.2) is 18.2 Å². The molecule has 0 radical (unpaired) electrons. The minimum absolute atomic E-state index is 0.0313. The van der Waals surface area contributed by atoms with Gasteiger partial charge in [-0.25, -0.2) is 0 Å². The topological polar surface area (TPSA) is 79.3 Å². The van der Waals surface area contributed by atoms with E-state index < -0.39 is 0 Å². The molecule has 76 valence electrons. The Labute approximate surface area is 82.8 Å². The van der Waals surface area contributed by atoms with Crippen LogP contribution >= 0.6 is 0 Å². The van der Waals surface area contributed by atoms with Gasteiger partial charge in [-0.3, -0.25) is 5.41 Å². The standard InChI is InChI=1S/C10H14N2O2/c1-14-6-7-3-2-4-9(13)8(7)5-10(11)12/h2-4,13H,5-6H2,1H3,(H3,11,12). The molecule has 0 fully saturated rings. The molecule has 0 saturated heterocycles. The Morgan fingerprint density at radius 1 is 1.57 bits per heavy atom. The number of aromatic hydroxyl groups is 1. The summed E-state index contributed by atoms with van der Waals surface area (Å²) in [7, 11) is 1.58. The van der Waals surface area contributed by atoms with E-state index in [9.17, 15) is 5.11 Å². The van der Waals surface area contributed by atoms with Gasteiger partial charge in [0.25, 0.3) is 0 Å². The first-order chi connectivity index (χ1) is 6.65. The Bertz CT molecular complexity index is 337. The predicted molar refractivity (Wildman–Crippen MR) is 54.4 cm³/mol.